The molecule has 10 heteroatoms. The highest BCUT2D eigenvalue weighted by Crippen LogP contribution is 2.30. The minimum absolute atomic E-state index is 0.0332. The van der Waals surface area contributed by atoms with Crippen molar-refractivity contribution in [2.45, 2.75) is 12.6 Å². The van der Waals surface area contributed by atoms with Crippen LogP contribution in [0.25, 0.3) is 11.4 Å². The van der Waals surface area contributed by atoms with Gasteiger partial charge in [-0.2, -0.15) is 0 Å². The fraction of sp³-hybridized carbons (Fsp3) is 0.182. The molecule has 3 rings (SSSR count). The zero-order valence-electron chi connectivity index (χ0n) is 17.2. The highest BCUT2D eigenvalue weighted by atomic mass is 19.1. The summed E-state index contributed by atoms with van der Waals surface area (Å²) in [6.45, 7) is 0.238. The average molecular weight is 439 g/mol. The third kappa shape index (κ3) is 5.62. The van der Waals surface area contributed by atoms with Crippen molar-refractivity contribution in [1.29, 1.82) is 0 Å². The standard InChI is InChI=1S/C22H22FN5O4/c1-31-12-13-8-17(32-16-4-2-14(23)3-5-16)6-7-18(13)22-27-19(21(25)30)9-20(28-22)26-15(10-24)11-29/h2-9,11,15H,10,12,24H2,1H3,(H2,25,30)(H,26,27,28)/t15-/m0/s1. The fourth-order valence-corrected chi connectivity index (χ4v) is 2.87. The number of aromatic nitrogens is 2. The molecular formula is C22H22FN5O4. The number of rotatable bonds is 10. The van der Waals surface area contributed by atoms with Gasteiger partial charge in [-0.15, -0.1) is 0 Å². The van der Waals surface area contributed by atoms with Gasteiger partial charge >= 0.3 is 0 Å². The lowest BCUT2D eigenvalue weighted by molar-refractivity contribution is -0.108. The van der Waals surface area contributed by atoms with Crippen molar-refractivity contribution in [2.24, 2.45) is 11.5 Å². The molecule has 1 atom stereocenters. The van der Waals surface area contributed by atoms with E-state index in [1.165, 1.54) is 37.4 Å². The van der Waals surface area contributed by atoms with E-state index in [9.17, 15) is 14.0 Å². The number of nitrogens with one attached hydrogen (secondary N) is 1. The zero-order chi connectivity index (χ0) is 23.1. The Hall–Kier alpha value is -3.89. The van der Waals surface area contributed by atoms with Crippen LogP contribution in [0.2, 0.25) is 0 Å². The fourth-order valence-electron chi connectivity index (χ4n) is 2.87. The van der Waals surface area contributed by atoms with Gasteiger partial charge in [0.2, 0.25) is 0 Å². The second kappa shape index (κ2) is 10.4. The van der Waals surface area contributed by atoms with E-state index in [0.717, 1.165) is 0 Å². The first-order valence-corrected chi connectivity index (χ1v) is 9.60. The Labute approximate surface area is 183 Å². The molecule has 0 unspecified atom stereocenters. The maximum Gasteiger partial charge on any atom is 0.267 e. The number of hydrogen-bond acceptors (Lipinski definition) is 8. The summed E-state index contributed by atoms with van der Waals surface area (Å²) in [5.74, 6) is 0.252. The van der Waals surface area contributed by atoms with E-state index in [-0.39, 0.29) is 36.3 Å². The minimum Gasteiger partial charge on any atom is -0.457 e. The first-order chi connectivity index (χ1) is 15.4. The van der Waals surface area contributed by atoms with Crippen LogP contribution in [-0.2, 0) is 16.1 Å². The summed E-state index contributed by atoms with van der Waals surface area (Å²) < 4.78 is 24.2. The Morgan fingerprint density at radius 2 is 1.88 bits per heavy atom. The Morgan fingerprint density at radius 3 is 2.50 bits per heavy atom. The van der Waals surface area contributed by atoms with E-state index >= 15 is 0 Å². The number of carbonyl (C=O) groups excluding carboxylic acids is 2. The lowest BCUT2D eigenvalue weighted by atomic mass is 10.1. The van der Waals surface area contributed by atoms with Crippen LogP contribution in [0.5, 0.6) is 11.5 Å². The van der Waals surface area contributed by atoms with Crippen LogP contribution < -0.4 is 21.5 Å². The summed E-state index contributed by atoms with van der Waals surface area (Å²) in [5, 5.41) is 2.85. The second-order valence-electron chi connectivity index (χ2n) is 6.76. The summed E-state index contributed by atoms with van der Waals surface area (Å²) in [6, 6.07) is 11.4. The van der Waals surface area contributed by atoms with Crippen LogP contribution in [0.3, 0.4) is 0 Å². The number of carbonyl (C=O) groups is 2. The number of anilines is 1. The molecule has 166 valence electrons. The predicted octanol–water partition coefficient (Wildman–Crippen LogP) is 2.26. The van der Waals surface area contributed by atoms with Gasteiger partial charge in [0, 0.05) is 25.3 Å². The quantitative estimate of drug-likeness (QED) is 0.408. The number of primary amides is 1. The Kier molecular flexibility index (Phi) is 7.42. The lowest BCUT2D eigenvalue weighted by Gasteiger charge is -2.15. The lowest BCUT2D eigenvalue weighted by Crippen LogP contribution is -2.31. The molecule has 1 aromatic heterocycles. The molecular weight excluding hydrogens is 417 g/mol. The van der Waals surface area contributed by atoms with Gasteiger partial charge in [0.15, 0.2) is 5.82 Å². The molecule has 1 amide bonds. The molecule has 0 aliphatic heterocycles. The number of benzene rings is 2. The maximum absolute atomic E-state index is 13.1. The molecule has 0 saturated heterocycles. The second-order valence-corrected chi connectivity index (χ2v) is 6.76. The zero-order valence-corrected chi connectivity index (χ0v) is 17.2. The SMILES string of the molecule is COCc1cc(Oc2ccc(F)cc2)ccc1-c1nc(N[C@H](C=O)CN)cc(C(N)=O)n1. The molecule has 0 aliphatic carbocycles. The molecule has 3 aromatic rings. The van der Waals surface area contributed by atoms with Crippen LogP contribution in [0.4, 0.5) is 10.2 Å². The Balaban J connectivity index is 2.01. The molecule has 0 radical (unpaired) electrons. The molecule has 0 bridgehead atoms. The smallest absolute Gasteiger partial charge is 0.267 e. The van der Waals surface area contributed by atoms with Gasteiger partial charge in [-0.3, -0.25) is 4.79 Å². The van der Waals surface area contributed by atoms with Crippen molar-refractivity contribution in [3.05, 3.63) is 65.6 Å². The monoisotopic (exact) mass is 439 g/mol. The van der Waals surface area contributed by atoms with Crippen molar-refractivity contribution in [2.75, 3.05) is 19.0 Å². The minimum atomic E-state index is -0.753. The van der Waals surface area contributed by atoms with Crippen molar-refractivity contribution < 1.29 is 23.5 Å². The largest absolute Gasteiger partial charge is 0.457 e. The highest BCUT2D eigenvalue weighted by molar-refractivity contribution is 5.92. The molecule has 32 heavy (non-hydrogen) atoms. The third-order valence-corrected chi connectivity index (χ3v) is 4.40. The van der Waals surface area contributed by atoms with Gasteiger partial charge in [0.25, 0.3) is 5.91 Å². The summed E-state index contributed by atoms with van der Waals surface area (Å²) >= 11 is 0. The van der Waals surface area contributed by atoms with Crippen molar-refractivity contribution >= 4 is 18.0 Å². The number of nitrogens with two attached hydrogens (primary N) is 2. The average Bonchev–Trinajstić information content (AvgIpc) is 2.79. The van der Waals surface area contributed by atoms with Crippen LogP contribution >= 0.6 is 0 Å². The van der Waals surface area contributed by atoms with Crippen molar-refractivity contribution in [3.63, 3.8) is 0 Å². The molecule has 2 aromatic carbocycles. The summed E-state index contributed by atoms with van der Waals surface area (Å²) in [7, 11) is 1.53. The number of nitrogens with zero attached hydrogens (tertiary/aromatic N) is 2. The van der Waals surface area contributed by atoms with Crippen LogP contribution in [0.15, 0.2) is 48.5 Å². The third-order valence-electron chi connectivity index (χ3n) is 4.40. The highest BCUT2D eigenvalue weighted by Gasteiger charge is 2.16. The van der Waals surface area contributed by atoms with Gasteiger partial charge in [-0.25, -0.2) is 14.4 Å². The Morgan fingerprint density at radius 1 is 1.16 bits per heavy atom. The number of methoxy groups -OCH3 is 1. The number of ether oxygens (including phenoxy) is 2. The van der Waals surface area contributed by atoms with Gasteiger partial charge in [0.1, 0.15) is 35.1 Å². The van der Waals surface area contributed by atoms with Gasteiger partial charge in [0.05, 0.1) is 12.6 Å². The van der Waals surface area contributed by atoms with E-state index in [1.54, 1.807) is 18.2 Å². The molecule has 5 N–H and O–H groups in total. The first-order valence-electron chi connectivity index (χ1n) is 9.60. The molecule has 0 saturated carbocycles. The van der Waals surface area contributed by atoms with E-state index in [0.29, 0.717) is 28.9 Å². The van der Waals surface area contributed by atoms with Crippen LogP contribution in [0.1, 0.15) is 16.1 Å². The normalized spacial score (nSPS) is 11.6. The molecule has 0 fully saturated rings. The molecule has 0 aliphatic rings. The number of amides is 1. The van der Waals surface area contributed by atoms with Crippen molar-refractivity contribution in [1.82, 2.24) is 9.97 Å². The van der Waals surface area contributed by atoms with Crippen molar-refractivity contribution in [3.8, 4) is 22.9 Å². The van der Waals surface area contributed by atoms with E-state index in [1.807, 2.05) is 0 Å². The molecule has 9 nitrogen and oxygen atoms in total. The van der Waals surface area contributed by atoms with E-state index in [2.05, 4.69) is 15.3 Å². The predicted molar refractivity (Wildman–Crippen MR) is 116 cm³/mol. The van der Waals surface area contributed by atoms with Gasteiger partial charge in [-0.1, -0.05) is 0 Å². The number of hydrogen-bond donors (Lipinski definition) is 3. The van der Waals surface area contributed by atoms with Crippen LogP contribution in [0, 0.1) is 5.82 Å². The van der Waals surface area contributed by atoms with Gasteiger partial charge in [-0.05, 0) is 48.0 Å². The topological polar surface area (TPSA) is 142 Å². The van der Waals surface area contributed by atoms with Gasteiger partial charge < -0.3 is 31.1 Å². The summed E-state index contributed by atoms with van der Waals surface area (Å²) in [6.07, 6.45) is 0.643. The summed E-state index contributed by atoms with van der Waals surface area (Å²) in [4.78, 5) is 31.6. The van der Waals surface area contributed by atoms with Crippen LogP contribution in [-0.4, -0.2) is 41.9 Å². The van der Waals surface area contributed by atoms with E-state index < -0.39 is 11.9 Å². The molecule has 0 spiro atoms. The number of aldehydes is 1. The number of halogens is 1. The first kappa shape index (κ1) is 22.8. The summed E-state index contributed by atoms with van der Waals surface area (Å²) in [5.41, 5.74) is 12.2. The maximum atomic E-state index is 13.1. The Bertz CT molecular complexity index is 1110. The molecule has 1 heterocycles. The van der Waals surface area contributed by atoms with E-state index in [4.69, 9.17) is 20.9 Å².